The first-order valence-corrected chi connectivity index (χ1v) is 6.82. The molecule has 0 bridgehead atoms. The fraction of sp³-hybridized carbons (Fsp3) is 0.857. The quantitative estimate of drug-likeness (QED) is 0.782. The maximum Gasteiger partial charge on any atom is 0.316 e. The zero-order valence-corrected chi connectivity index (χ0v) is 12.6. The Morgan fingerprint density at radius 1 is 1.42 bits per heavy atom. The number of likely N-dealkylation sites (N-methyl/N-ethyl adjacent to an activating group) is 2. The predicted molar refractivity (Wildman–Crippen MR) is 73.9 cm³/mol. The van der Waals surface area contributed by atoms with Crippen LogP contribution in [0, 0.1) is 11.3 Å². The summed E-state index contributed by atoms with van der Waals surface area (Å²) in [6.45, 7) is 7.03. The minimum atomic E-state index is -1.04. The minimum Gasteiger partial charge on any atom is -0.481 e. The lowest BCUT2D eigenvalue weighted by molar-refractivity contribution is -0.155. The highest BCUT2D eigenvalue weighted by Gasteiger charge is 2.40. The Labute approximate surface area is 115 Å². The molecular formula is C14H26N2O3. The first-order chi connectivity index (χ1) is 8.64. The van der Waals surface area contributed by atoms with Crippen molar-refractivity contribution in [3.63, 3.8) is 0 Å². The third kappa shape index (κ3) is 3.93. The normalized spacial score (nSPS) is 22.3. The number of carbonyl (C=O) groups excluding carboxylic acids is 1. The molecule has 1 N–H and O–H groups in total. The number of carbonyl (C=O) groups is 2. The van der Waals surface area contributed by atoms with Gasteiger partial charge in [0, 0.05) is 19.6 Å². The predicted octanol–water partition coefficient (Wildman–Crippen LogP) is 1.29. The van der Waals surface area contributed by atoms with E-state index in [-0.39, 0.29) is 5.91 Å². The molecule has 2 unspecified atom stereocenters. The number of amides is 1. The molecule has 0 aromatic heterocycles. The van der Waals surface area contributed by atoms with E-state index in [1.54, 1.807) is 32.7 Å². The van der Waals surface area contributed by atoms with Crippen LogP contribution in [0.5, 0.6) is 0 Å². The van der Waals surface area contributed by atoms with Gasteiger partial charge in [-0.3, -0.25) is 9.59 Å². The van der Waals surface area contributed by atoms with Crippen LogP contribution in [0.4, 0.5) is 0 Å². The second-order valence-corrected chi connectivity index (χ2v) is 6.63. The van der Waals surface area contributed by atoms with Crippen molar-refractivity contribution in [2.75, 3.05) is 27.2 Å². The van der Waals surface area contributed by atoms with Gasteiger partial charge >= 0.3 is 5.97 Å². The summed E-state index contributed by atoms with van der Waals surface area (Å²) in [6, 6.07) is 0.350. The van der Waals surface area contributed by atoms with Crippen LogP contribution in [0.25, 0.3) is 0 Å². The fourth-order valence-corrected chi connectivity index (χ4v) is 2.68. The lowest BCUT2D eigenvalue weighted by Gasteiger charge is -2.32. The van der Waals surface area contributed by atoms with E-state index in [0.29, 0.717) is 12.6 Å². The second kappa shape index (κ2) is 5.90. The molecule has 1 fully saturated rings. The average Bonchev–Trinajstić information content (AvgIpc) is 2.61. The maximum absolute atomic E-state index is 12.4. The van der Waals surface area contributed by atoms with Crippen LogP contribution in [-0.4, -0.2) is 60.0 Å². The molecule has 5 nitrogen and oxygen atoms in total. The van der Waals surface area contributed by atoms with Gasteiger partial charge in [0.15, 0.2) is 0 Å². The topological polar surface area (TPSA) is 60.9 Å². The summed E-state index contributed by atoms with van der Waals surface area (Å²) in [5.41, 5.74) is -0.571. The number of likely N-dealkylation sites (tertiary alicyclic amines) is 1. The fourth-order valence-electron chi connectivity index (χ4n) is 2.68. The van der Waals surface area contributed by atoms with Crippen molar-refractivity contribution >= 4 is 11.9 Å². The van der Waals surface area contributed by atoms with E-state index in [1.807, 2.05) is 0 Å². The Kier molecular flexibility index (Phi) is 4.96. The number of rotatable bonds is 4. The molecule has 110 valence electrons. The molecule has 19 heavy (non-hydrogen) atoms. The number of carboxylic acid groups (broad SMARTS) is 1. The van der Waals surface area contributed by atoms with Gasteiger partial charge in [-0.05, 0) is 31.8 Å². The summed E-state index contributed by atoms with van der Waals surface area (Å²) >= 11 is 0. The van der Waals surface area contributed by atoms with Gasteiger partial charge in [-0.15, -0.1) is 0 Å². The van der Waals surface area contributed by atoms with Crippen molar-refractivity contribution in [2.24, 2.45) is 11.3 Å². The summed E-state index contributed by atoms with van der Waals surface area (Å²) in [7, 11) is 3.75. The zero-order chi connectivity index (χ0) is 14.8. The van der Waals surface area contributed by atoms with Gasteiger partial charge in [0.25, 0.3) is 0 Å². The van der Waals surface area contributed by atoms with E-state index < -0.39 is 17.3 Å². The van der Waals surface area contributed by atoms with Gasteiger partial charge in [-0.25, -0.2) is 0 Å². The number of nitrogens with zero attached hydrogens (tertiary/aromatic N) is 2. The van der Waals surface area contributed by atoms with Gasteiger partial charge in [0.2, 0.25) is 5.91 Å². The van der Waals surface area contributed by atoms with Crippen molar-refractivity contribution in [3.8, 4) is 0 Å². The molecule has 5 heteroatoms. The Morgan fingerprint density at radius 3 is 2.37 bits per heavy atom. The highest BCUT2D eigenvalue weighted by atomic mass is 16.4. The number of carboxylic acids is 1. The lowest BCUT2D eigenvalue weighted by atomic mass is 9.80. The van der Waals surface area contributed by atoms with Crippen molar-refractivity contribution < 1.29 is 14.7 Å². The summed E-state index contributed by atoms with van der Waals surface area (Å²) in [5.74, 6) is -2.31. The standard InChI is InChI=1S/C14H26N2O3/c1-14(2,3)11(13(18)19)12(17)16(5)9-10-7-6-8-15(10)4/h10-11H,6-9H2,1-5H3,(H,18,19). The smallest absolute Gasteiger partial charge is 0.316 e. The molecule has 1 saturated heterocycles. The minimum absolute atomic E-state index is 0.291. The molecule has 0 aromatic carbocycles. The molecular weight excluding hydrogens is 244 g/mol. The average molecular weight is 270 g/mol. The molecule has 0 aromatic rings. The highest BCUT2D eigenvalue weighted by Crippen LogP contribution is 2.28. The summed E-state index contributed by atoms with van der Waals surface area (Å²) in [6.07, 6.45) is 2.21. The Bertz CT molecular complexity index is 349. The SMILES string of the molecule is CN(CC1CCCN1C)C(=O)C(C(=O)O)C(C)(C)C. The van der Waals surface area contributed by atoms with Crippen molar-refractivity contribution in [3.05, 3.63) is 0 Å². The van der Waals surface area contributed by atoms with Gasteiger partial charge < -0.3 is 14.9 Å². The van der Waals surface area contributed by atoms with E-state index in [4.69, 9.17) is 0 Å². The van der Waals surface area contributed by atoms with E-state index in [1.165, 1.54) is 0 Å². The van der Waals surface area contributed by atoms with Crippen molar-refractivity contribution in [1.29, 1.82) is 0 Å². The van der Waals surface area contributed by atoms with Gasteiger partial charge in [0.1, 0.15) is 5.92 Å². The van der Waals surface area contributed by atoms with Crippen LogP contribution < -0.4 is 0 Å². The molecule has 1 heterocycles. The molecule has 0 spiro atoms. The summed E-state index contributed by atoms with van der Waals surface area (Å²) in [5, 5.41) is 9.28. The van der Waals surface area contributed by atoms with Gasteiger partial charge in [-0.1, -0.05) is 20.8 Å². The molecule has 0 aliphatic carbocycles. The molecule has 1 aliphatic heterocycles. The Morgan fingerprint density at radius 2 is 2.00 bits per heavy atom. The van der Waals surface area contributed by atoms with Gasteiger partial charge in [-0.2, -0.15) is 0 Å². The monoisotopic (exact) mass is 270 g/mol. The van der Waals surface area contributed by atoms with E-state index in [9.17, 15) is 14.7 Å². The van der Waals surface area contributed by atoms with E-state index >= 15 is 0 Å². The van der Waals surface area contributed by atoms with Crippen LogP contribution in [0.2, 0.25) is 0 Å². The van der Waals surface area contributed by atoms with Crippen LogP contribution in [0.1, 0.15) is 33.6 Å². The number of hydrogen-bond acceptors (Lipinski definition) is 3. The molecule has 0 saturated carbocycles. The first kappa shape index (κ1) is 16.0. The third-order valence-electron chi connectivity index (χ3n) is 3.89. The van der Waals surface area contributed by atoms with Crippen LogP contribution in [0.3, 0.4) is 0 Å². The molecule has 2 atom stereocenters. The summed E-state index contributed by atoms with van der Waals surface area (Å²) < 4.78 is 0. The second-order valence-electron chi connectivity index (χ2n) is 6.63. The molecule has 1 amide bonds. The molecule has 0 radical (unpaired) electrons. The highest BCUT2D eigenvalue weighted by molar-refractivity contribution is 5.97. The van der Waals surface area contributed by atoms with Crippen molar-refractivity contribution in [2.45, 2.75) is 39.7 Å². The van der Waals surface area contributed by atoms with Gasteiger partial charge in [0.05, 0.1) is 0 Å². The van der Waals surface area contributed by atoms with Crippen LogP contribution >= 0.6 is 0 Å². The molecule has 1 rings (SSSR count). The van der Waals surface area contributed by atoms with E-state index in [2.05, 4.69) is 11.9 Å². The maximum atomic E-state index is 12.4. The third-order valence-corrected chi connectivity index (χ3v) is 3.89. The Balaban J connectivity index is 2.71. The molecule has 1 aliphatic rings. The van der Waals surface area contributed by atoms with Crippen LogP contribution in [0.15, 0.2) is 0 Å². The number of aliphatic carboxylic acids is 1. The van der Waals surface area contributed by atoms with Crippen molar-refractivity contribution in [1.82, 2.24) is 9.80 Å². The van der Waals surface area contributed by atoms with Crippen LogP contribution in [-0.2, 0) is 9.59 Å². The largest absolute Gasteiger partial charge is 0.481 e. The number of hydrogen-bond donors (Lipinski definition) is 1. The lowest BCUT2D eigenvalue weighted by Crippen LogP contribution is -2.47. The summed E-state index contributed by atoms with van der Waals surface area (Å²) in [4.78, 5) is 27.5. The van der Waals surface area contributed by atoms with E-state index in [0.717, 1.165) is 19.4 Å². The Hall–Kier alpha value is -1.10. The zero-order valence-electron chi connectivity index (χ0n) is 12.6. The first-order valence-electron chi connectivity index (χ1n) is 6.82.